The van der Waals surface area contributed by atoms with Crippen LogP contribution < -0.4 is 9.80 Å². The molecule has 1 saturated heterocycles. The van der Waals surface area contributed by atoms with Crippen LogP contribution in [-0.4, -0.2) is 46.7 Å². The third kappa shape index (κ3) is 8.33. The number of rotatable bonds is 10. The Balaban J connectivity index is 1.54. The lowest BCUT2D eigenvalue weighted by molar-refractivity contribution is -0.148. The summed E-state index contributed by atoms with van der Waals surface area (Å²) < 4.78 is 94.2. The minimum atomic E-state index is -5.02. The van der Waals surface area contributed by atoms with Gasteiger partial charge in [0.15, 0.2) is 6.23 Å². The fourth-order valence-electron chi connectivity index (χ4n) is 5.62. The molecular weight excluding hydrogens is 640 g/mol. The standard InChI is InChI=1S/C34H35F6N5O3/c1-4-47-31(46)23-9-11-44(12-10-23)28-18-42-32(43-19-28)45(20-22-13-26(33(35,36)37)16-27(14-22)34(38,39)40)30(48-21(2)3)29-15-24-7-5-6-8-25(24)17-41-29/h5-8,13-19,21,23,30H,4,9-12,20H2,1-3H3. The van der Waals surface area contributed by atoms with Gasteiger partial charge in [-0.2, -0.15) is 26.3 Å². The molecule has 0 N–H and O–H groups in total. The van der Waals surface area contributed by atoms with Gasteiger partial charge in [-0.3, -0.25) is 9.78 Å². The average molecular weight is 676 g/mol. The molecule has 0 amide bonds. The molecule has 1 atom stereocenters. The Labute approximate surface area is 273 Å². The molecule has 2 aromatic heterocycles. The van der Waals surface area contributed by atoms with Crippen molar-refractivity contribution >= 4 is 28.4 Å². The topological polar surface area (TPSA) is 80.7 Å². The lowest BCUT2D eigenvalue weighted by atomic mass is 9.97. The van der Waals surface area contributed by atoms with Crippen LogP contribution in [-0.2, 0) is 33.2 Å². The maximum atomic E-state index is 13.8. The molecule has 1 aliphatic rings. The summed E-state index contributed by atoms with van der Waals surface area (Å²) in [6.07, 6.45) is -5.73. The normalized spacial score (nSPS) is 15.2. The highest BCUT2D eigenvalue weighted by Gasteiger charge is 2.38. The zero-order chi connectivity index (χ0) is 34.6. The van der Waals surface area contributed by atoms with Crippen molar-refractivity contribution in [1.29, 1.82) is 0 Å². The molecule has 0 aliphatic carbocycles. The van der Waals surface area contributed by atoms with E-state index >= 15 is 0 Å². The van der Waals surface area contributed by atoms with Crippen LogP contribution in [0.4, 0.5) is 38.0 Å². The number of alkyl halides is 6. The predicted molar refractivity (Wildman–Crippen MR) is 167 cm³/mol. The first-order chi connectivity index (χ1) is 22.7. The van der Waals surface area contributed by atoms with Crippen LogP contribution in [0.15, 0.2) is 67.1 Å². The summed E-state index contributed by atoms with van der Waals surface area (Å²) >= 11 is 0. The molecule has 1 unspecified atom stereocenters. The SMILES string of the molecule is CCOC(=O)C1CCN(c2cnc(N(Cc3cc(C(F)(F)F)cc(C(F)(F)F)c3)C(OC(C)C)c3cc4ccccc4cn3)nc2)CC1. The monoisotopic (exact) mass is 675 g/mol. The van der Waals surface area contributed by atoms with Crippen LogP contribution in [0.3, 0.4) is 0 Å². The molecule has 0 bridgehead atoms. The zero-order valence-electron chi connectivity index (χ0n) is 26.6. The molecule has 5 rings (SSSR count). The fraction of sp³-hybridized carbons (Fsp3) is 0.412. The number of hydrogen-bond acceptors (Lipinski definition) is 8. The van der Waals surface area contributed by atoms with Gasteiger partial charge in [-0.1, -0.05) is 24.3 Å². The van der Waals surface area contributed by atoms with Crippen molar-refractivity contribution in [2.24, 2.45) is 5.92 Å². The van der Waals surface area contributed by atoms with Crippen LogP contribution in [0.25, 0.3) is 10.8 Å². The van der Waals surface area contributed by atoms with Crippen LogP contribution in [0.5, 0.6) is 0 Å². The van der Waals surface area contributed by atoms with Crippen molar-refractivity contribution in [2.45, 2.75) is 64.8 Å². The van der Waals surface area contributed by atoms with E-state index in [4.69, 9.17) is 9.47 Å². The van der Waals surface area contributed by atoms with Crippen molar-refractivity contribution in [2.75, 3.05) is 29.5 Å². The first-order valence-corrected chi connectivity index (χ1v) is 15.5. The van der Waals surface area contributed by atoms with Gasteiger partial charge in [0, 0.05) is 31.2 Å². The van der Waals surface area contributed by atoms with Crippen LogP contribution in [0.2, 0.25) is 0 Å². The van der Waals surface area contributed by atoms with E-state index < -0.39 is 42.4 Å². The van der Waals surface area contributed by atoms with E-state index in [2.05, 4.69) is 15.0 Å². The molecule has 2 aromatic carbocycles. The quantitative estimate of drug-likeness (QED) is 0.0952. The summed E-state index contributed by atoms with van der Waals surface area (Å²) in [7, 11) is 0. The summed E-state index contributed by atoms with van der Waals surface area (Å²) in [6, 6.07) is 10.6. The Bertz CT molecular complexity index is 1670. The number of hydrogen-bond donors (Lipinski definition) is 0. The molecule has 1 fully saturated rings. The highest BCUT2D eigenvalue weighted by Crippen LogP contribution is 2.38. The molecule has 3 heterocycles. The molecule has 48 heavy (non-hydrogen) atoms. The Hall–Kier alpha value is -4.46. The van der Waals surface area contributed by atoms with Gasteiger partial charge in [0.1, 0.15) is 0 Å². The minimum absolute atomic E-state index is 0.00624. The molecule has 256 valence electrons. The minimum Gasteiger partial charge on any atom is -0.466 e. The van der Waals surface area contributed by atoms with Gasteiger partial charge in [-0.25, -0.2) is 9.97 Å². The van der Waals surface area contributed by atoms with Crippen molar-refractivity contribution in [3.8, 4) is 0 Å². The molecule has 14 heteroatoms. The van der Waals surface area contributed by atoms with Gasteiger partial charge in [0.2, 0.25) is 5.95 Å². The number of pyridine rings is 1. The Kier molecular flexibility index (Phi) is 10.4. The molecule has 0 radical (unpaired) electrons. The van der Waals surface area contributed by atoms with Crippen molar-refractivity contribution in [3.63, 3.8) is 0 Å². The Morgan fingerprint density at radius 1 is 0.896 bits per heavy atom. The van der Waals surface area contributed by atoms with Crippen LogP contribution in [0, 0.1) is 5.92 Å². The Morgan fingerprint density at radius 2 is 1.50 bits per heavy atom. The van der Waals surface area contributed by atoms with Gasteiger partial charge in [0.05, 0.1) is 53.5 Å². The molecule has 0 spiro atoms. The number of nitrogens with zero attached hydrogens (tertiary/aromatic N) is 5. The number of esters is 1. The summed E-state index contributed by atoms with van der Waals surface area (Å²) in [6.45, 7) is 6.18. The second-order valence-corrected chi connectivity index (χ2v) is 11.8. The zero-order valence-corrected chi connectivity index (χ0v) is 26.6. The molecule has 0 saturated carbocycles. The molecule has 8 nitrogen and oxygen atoms in total. The lowest BCUT2D eigenvalue weighted by Gasteiger charge is -2.34. The van der Waals surface area contributed by atoms with Crippen LogP contribution in [0.1, 0.15) is 62.2 Å². The highest BCUT2D eigenvalue weighted by molar-refractivity contribution is 5.81. The van der Waals surface area contributed by atoms with Gasteiger partial charge < -0.3 is 19.3 Å². The van der Waals surface area contributed by atoms with E-state index in [-0.39, 0.29) is 29.5 Å². The van der Waals surface area contributed by atoms with Crippen molar-refractivity contribution < 1.29 is 40.6 Å². The van der Waals surface area contributed by atoms with Crippen LogP contribution >= 0.6 is 0 Å². The average Bonchev–Trinajstić information content (AvgIpc) is 3.05. The van der Waals surface area contributed by atoms with E-state index in [0.717, 1.165) is 10.8 Å². The summed E-state index contributed by atoms with van der Waals surface area (Å²) in [5.41, 5.74) is -2.13. The smallest absolute Gasteiger partial charge is 0.416 e. The van der Waals surface area contributed by atoms with E-state index in [0.29, 0.717) is 56.1 Å². The van der Waals surface area contributed by atoms with Crippen molar-refractivity contribution in [1.82, 2.24) is 15.0 Å². The third-order valence-electron chi connectivity index (χ3n) is 7.95. The maximum absolute atomic E-state index is 13.8. The highest BCUT2D eigenvalue weighted by atomic mass is 19.4. The number of aromatic nitrogens is 3. The number of carbonyl (C=O) groups is 1. The van der Waals surface area contributed by atoms with Gasteiger partial charge in [-0.15, -0.1) is 0 Å². The summed E-state index contributed by atoms with van der Waals surface area (Å²) in [5.74, 6) is -0.442. The van der Waals surface area contributed by atoms with Gasteiger partial charge in [0.25, 0.3) is 0 Å². The first-order valence-electron chi connectivity index (χ1n) is 15.5. The summed E-state index contributed by atoms with van der Waals surface area (Å²) in [5, 5.41) is 1.64. The van der Waals surface area contributed by atoms with E-state index in [1.165, 1.54) is 17.3 Å². The van der Waals surface area contributed by atoms with E-state index in [1.54, 1.807) is 33.0 Å². The third-order valence-corrected chi connectivity index (χ3v) is 7.95. The number of halogens is 6. The number of carbonyl (C=O) groups excluding carboxylic acids is 1. The Morgan fingerprint density at radius 3 is 2.06 bits per heavy atom. The second kappa shape index (κ2) is 14.3. The molecule has 1 aliphatic heterocycles. The molecule has 4 aromatic rings. The number of anilines is 2. The number of benzene rings is 2. The maximum Gasteiger partial charge on any atom is 0.416 e. The van der Waals surface area contributed by atoms with E-state index in [9.17, 15) is 31.1 Å². The largest absolute Gasteiger partial charge is 0.466 e. The number of fused-ring (bicyclic) bond motifs is 1. The second-order valence-electron chi connectivity index (χ2n) is 11.8. The number of piperidine rings is 1. The van der Waals surface area contributed by atoms with Crippen molar-refractivity contribution in [3.05, 3.63) is 89.5 Å². The van der Waals surface area contributed by atoms with E-state index in [1.807, 2.05) is 29.2 Å². The first kappa shape index (κ1) is 34.9. The number of ether oxygens (including phenoxy) is 2. The summed E-state index contributed by atoms with van der Waals surface area (Å²) in [4.78, 5) is 29.2. The molecular formula is C34H35F6N5O3. The van der Waals surface area contributed by atoms with Gasteiger partial charge in [-0.05, 0) is 68.8 Å². The predicted octanol–water partition coefficient (Wildman–Crippen LogP) is 7.97. The fourth-order valence-corrected chi connectivity index (χ4v) is 5.62. The van der Waals surface area contributed by atoms with Gasteiger partial charge >= 0.3 is 18.3 Å². The lowest BCUT2D eigenvalue weighted by Crippen LogP contribution is -2.37.